The molecule has 7 rings (SSSR count). The largest absolute Gasteiger partial charge is 0.486 e. The lowest BCUT2D eigenvalue weighted by Gasteiger charge is -2.46. The van der Waals surface area contributed by atoms with Gasteiger partial charge in [0.2, 0.25) is 9.79 Å². The fraction of sp³-hybridized carbons (Fsp3) is 0.222. The molecule has 0 unspecified atom stereocenters. The van der Waals surface area contributed by atoms with E-state index in [4.69, 9.17) is 74.8 Å². The number of ether oxygens (including phenoxy) is 6. The minimum absolute atomic E-state index is 0.432. The van der Waals surface area contributed by atoms with Crippen LogP contribution in [0.3, 0.4) is 0 Å². The van der Waals surface area contributed by atoms with Crippen LogP contribution >= 0.6 is 46.4 Å². The maximum Gasteiger partial charge on any atom is 0.208 e. The van der Waals surface area contributed by atoms with Gasteiger partial charge in [-0.05, 0) is 50.2 Å². The van der Waals surface area contributed by atoms with E-state index in [1.807, 2.05) is 44.2 Å². The molecule has 28 heteroatoms. The molecule has 0 aliphatic rings. The standard InChI is InChI=1S/C30H39O6S.C24BCl4F16/c1-3-31-18-20-33-22-24-35-27-14-8-10-16-29(27)37(26-12-6-5-7-13-26)30-17-11-9-15-28(30)36-25-23-34-21-19-32-4-2;26-5-1(9(30)17(38)21(42)13(5)34)25(2-6(27)14(35)22(43)18(39)10(2)31,3-7(28)15(36)23(44)19(40)11(3)32)4-8(29)16(37)24(45)20(41)12(4)33/h5-17H,3-4,18-25H2,1-2H3;/q+1;-1. The van der Waals surface area contributed by atoms with Crippen molar-refractivity contribution in [1.29, 1.82) is 0 Å². The first-order chi connectivity index (χ1) is 39.0. The Morgan fingerprint density at radius 2 is 0.573 bits per heavy atom. The minimum atomic E-state index is -6.24. The fourth-order valence-electron chi connectivity index (χ4n) is 8.43. The molecule has 0 bridgehead atoms. The molecular weight excluding hydrogens is 1230 g/mol. The summed E-state index contributed by atoms with van der Waals surface area (Å²) in [5, 5.41) is -9.69. The van der Waals surface area contributed by atoms with E-state index in [1.54, 1.807) is 0 Å². The number of halogens is 20. The maximum atomic E-state index is 15.8. The Kier molecular flexibility index (Phi) is 23.4. The quantitative estimate of drug-likeness (QED) is 0.0159. The summed E-state index contributed by atoms with van der Waals surface area (Å²) >= 11 is 22.3. The molecule has 7 aromatic carbocycles. The van der Waals surface area contributed by atoms with Gasteiger partial charge in [0.25, 0.3) is 0 Å². The second-order valence-electron chi connectivity index (χ2n) is 16.6. The van der Waals surface area contributed by atoms with Crippen LogP contribution in [0.4, 0.5) is 70.2 Å². The van der Waals surface area contributed by atoms with Crippen molar-refractivity contribution in [3.63, 3.8) is 0 Å². The minimum Gasteiger partial charge on any atom is -0.486 e. The van der Waals surface area contributed by atoms with Crippen molar-refractivity contribution in [3.05, 3.63) is 192 Å². The molecule has 0 heterocycles. The van der Waals surface area contributed by atoms with E-state index in [1.165, 1.54) is 4.90 Å². The summed E-state index contributed by atoms with van der Waals surface area (Å²) in [7, 11) is -0.432. The van der Waals surface area contributed by atoms with Crippen molar-refractivity contribution < 1.29 is 98.7 Å². The van der Waals surface area contributed by atoms with Crippen molar-refractivity contribution in [2.75, 3.05) is 66.1 Å². The second-order valence-corrected chi connectivity index (χ2v) is 20.1. The van der Waals surface area contributed by atoms with Crippen LogP contribution in [0.5, 0.6) is 11.5 Å². The third kappa shape index (κ3) is 13.2. The number of para-hydroxylation sites is 2. The molecule has 6 nitrogen and oxygen atoms in total. The van der Waals surface area contributed by atoms with Gasteiger partial charge in [-0.25, -0.2) is 70.2 Å². The molecule has 0 saturated heterocycles. The molecule has 0 amide bonds. The number of hydrogen-bond acceptors (Lipinski definition) is 6. The first kappa shape index (κ1) is 65.6. The van der Waals surface area contributed by atoms with Gasteiger partial charge in [-0.2, -0.15) is 0 Å². The van der Waals surface area contributed by atoms with Crippen molar-refractivity contribution in [1.82, 2.24) is 0 Å². The van der Waals surface area contributed by atoms with Crippen LogP contribution in [0.15, 0.2) is 93.5 Å². The summed E-state index contributed by atoms with van der Waals surface area (Å²) in [4.78, 5) is 3.40. The van der Waals surface area contributed by atoms with Crippen LogP contribution in [0.2, 0.25) is 20.1 Å². The van der Waals surface area contributed by atoms with Crippen molar-refractivity contribution >= 4 is 85.3 Å². The Labute approximate surface area is 479 Å². The number of benzene rings is 7. The van der Waals surface area contributed by atoms with E-state index in [0.29, 0.717) is 66.1 Å². The van der Waals surface area contributed by atoms with E-state index < -0.39 is 152 Å². The summed E-state index contributed by atoms with van der Waals surface area (Å²) in [6.45, 7) is 9.60. The Morgan fingerprint density at radius 1 is 0.317 bits per heavy atom. The molecule has 0 N–H and O–H groups in total. The lowest BCUT2D eigenvalue weighted by molar-refractivity contribution is 0.0400. The Bertz CT molecular complexity index is 2970. The molecule has 0 atom stereocenters. The summed E-state index contributed by atoms with van der Waals surface area (Å²) in [5.74, 6) is -46.6. The van der Waals surface area contributed by atoms with Crippen LogP contribution in [0, 0.1) is 93.1 Å². The van der Waals surface area contributed by atoms with Gasteiger partial charge >= 0.3 is 0 Å². The number of hydrogen-bond donors (Lipinski definition) is 0. The van der Waals surface area contributed by atoms with Gasteiger partial charge < -0.3 is 28.4 Å². The predicted molar refractivity (Wildman–Crippen MR) is 277 cm³/mol. The average Bonchev–Trinajstić information content (AvgIpc) is 1.71. The first-order valence-corrected chi connectivity index (χ1v) is 26.6. The summed E-state index contributed by atoms with van der Waals surface area (Å²) in [5.41, 5.74) is -10.7. The smallest absolute Gasteiger partial charge is 0.208 e. The van der Waals surface area contributed by atoms with Gasteiger partial charge in [-0.15, -0.1) is 21.9 Å². The Morgan fingerprint density at radius 3 is 0.878 bits per heavy atom. The summed E-state index contributed by atoms with van der Waals surface area (Å²) in [6.07, 6.45) is -6.24. The molecular formula is C54H39BCl4F16O6S. The molecule has 0 spiro atoms. The topological polar surface area (TPSA) is 55.4 Å². The third-order valence-electron chi connectivity index (χ3n) is 11.9. The van der Waals surface area contributed by atoms with Crippen molar-refractivity contribution in [3.8, 4) is 11.5 Å². The zero-order valence-corrected chi connectivity index (χ0v) is 45.9. The third-order valence-corrected chi connectivity index (χ3v) is 15.7. The van der Waals surface area contributed by atoms with Gasteiger partial charge in [0, 0.05) is 33.3 Å². The second kappa shape index (κ2) is 29.3. The van der Waals surface area contributed by atoms with Crippen LogP contribution in [-0.2, 0) is 29.8 Å². The van der Waals surface area contributed by atoms with E-state index in [9.17, 15) is 52.7 Å². The molecule has 82 heavy (non-hydrogen) atoms. The van der Waals surface area contributed by atoms with Gasteiger partial charge in [-0.3, -0.25) is 0 Å². The summed E-state index contributed by atoms with van der Waals surface area (Å²) in [6, 6.07) is 26.9. The molecule has 440 valence electrons. The normalized spacial score (nSPS) is 11.6. The Balaban J connectivity index is 0.000000269. The lowest BCUT2D eigenvalue weighted by Crippen LogP contribution is -2.79. The molecule has 0 fully saturated rings. The average molecular weight is 1270 g/mol. The Hall–Kier alpha value is -5.57. The highest BCUT2D eigenvalue weighted by molar-refractivity contribution is 7.97. The SMILES string of the molecule is CCOCCOCCOc1ccccc1[S+](c1ccccc1)c1ccccc1OCCOCCOCC.Fc1c(F)c(F)c([B-](c2c(F)c(F)c(F)c(F)c2Cl)(c2c(F)c(F)c(F)c(F)c2Cl)c2c(F)c(F)c(F)c(F)c2Cl)c(Cl)c1F. The highest BCUT2D eigenvalue weighted by Gasteiger charge is 2.51. The zero-order valence-electron chi connectivity index (χ0n) is 42.1. The van der Waals surface area contributed by atoms with Crippen LogP contribution in [0.25, 0.3) is 0 Å². The van der Waals surface area contributed by atoms with Gasteiger partial charge in [-0.1, -0.05) is 88.9 Å². The molecule has 0 saturated carbocycles. The van der Waals surface area contributed by atoms with Crippen LogP contribution in [-0.4, -0.2) is 72.2 Å². The molecule has 0 aliphatic heterocycles. The molecule has 7 aromatic rings. The van der Waals surface area contributed by atoms with Gasteiger partial charge in [0.1, 0.15) is 53.5 Å². The van der Waals surface area contributed by atoms with Crippen molar-refractivity contribution in [2.45, 2.75) is 28.5 Å². The number of rotatable bonds is 23. The monoisotopic (exact) mass is 1270 g/mol. The highest BCUT2D eigenvalue weighted by Crippen LogP contribution is 2.41. The van der Waals surface area contributed by atoms with Crippen LogP contribution < -0.4 is 31.3 Å². The van der Waals surface area contributed by atoms with Crippen molar-refractivity contribution in [2.24, 2.45) is 0 Å². The van der Waals surface area contributed by atoms with Gasteiger partial charge in [0.05, 0.1) is 39.6 Å². The first-order valence-electron chi connectivity index (χ1n) is 23.8. The van der Waals surface area contributed by atoms with Crippen LogP contribution in [0.1, 0.15) is 13.8 Å². The predicted octanol–water partition coefficient (Wildman–Crippen LogP) is 13.5. The molecule has 0 radical (unpaired) electrons. The maximum absolute atomic E-state index is 15.8. The van der Waals surface area contributed by atoms with Gasteiger partial charge in [0.15, 0.2) is 86.2 Å². The zero-order chi connectivity index (χ0) is 60.3. The van der Waals surface area contributed by atoms with E-state index in [0.717, 1.165) is 21.3 Å². The summed E-state index contributed by atoms with van der Waals surface area (Å²) < 4.78 is 273. The van der Waals surface area contributed by atoms with E-state index >= 15 is 17.6 Å². The highest BCUT2D eigenvalue weighted by atomic mass is 35.5. The van der Waals surface area contributed by atoms with E-state index in [-0.39, 0.29) is 0 Å². The molecule has 0 aliphatic carbocycles. The van der Waals surface area contributed by atoms with E-state index in [2.05, 4.69) is 48.5 Å². The lowest BCUT2D eigenvalue weighted by atomic mass is 9.12. The fourth-order valence-corrected chi connectivity index (χ4v) is 12.0. The molecule has 0 aromatic heterocycles.